The van der Waals surface area contributed by atoms with Gasteiger partial charge in [-0.1, -0.05) is 12.1 Å². The van der Waals surface area contributed by atoms with Gasteiger partial charge in [-0.2, -0.15) is 0 Å². The highest BCUT2D eigenvalue weighted by atomic mass is 35.5. The fourth-order valence-corrected chi connectivity index (χ4v) is 3.09. The van der Waals surface area contributed by atoms with Gasteiger partial charge < -0.3 is 19.7 Å². The molecule has 0 saturated heterocycles. The van der Waals surface area contributed by atoms with Crippen LogP contribution < -0.4 is 15.0 Å². The summed E-state index contributed by atoms with van der Waals surface area (Å²) < 4.78 is 10.9. The number of nitrogens with zero attached hydrogens (tertiary/aromatic N) is 3. The van der Waals surface area contributed by atoms with E-state index in [0.717, 1.165) is 24.3 Å². The van der Waals surface area contributed by atoms with Gasteiger partial charge in [0, 0.05) is 32.3 Å². The van der Waals surface area contributed by atoms with Crippen LogP contribution in [0.25, 0.3) is 0 Å². The monoisotopic (exact) mass is 404 g/mol. The van der Waals surface area contributed by atoms with Crippen LogP contribution in [0.4, 0.5) is 10.6 Å². The second kappa shape index (κ2) is 8.65. The number of fused-ring (bicyclic) bond motifs is 1. The van der Waals surface area contributed by atoms with E-state index in [1.165, 1.54) is 5.56 Å². The zero-order valence-electron chi connectivity index (χ0n) is 16.4. The van der Waals surface area contributed by atoms with Gasteiger partial charge in [0.1, 0.15) is 17.2 Å². The number of carbonyl (C=O) groups is 1. The highest BCUT2D eigenvalue weighted by Crippen LogP contribution is 2.27. The summed E-state index contributed by atoms with van der Waals surface area (Å²) in [4.78, 5) is 22.2. The standard InChI is InChI=1S/C20H25ClN4O3/c1-20(2,3)28-19(26)23-9-10-25(17-6-8-22-18(21)24-17)13-14-4-5-16-15(12-14)7-11-27-16/h4-6,8,12H,7,9-11,13H2,1-3H3,(H,23,26). The first-order valence-corrected chi connectivity index (χ1v) is 9.63. The number of rotatable bonds is 6. The molecule has 0 spiro atoms. The third-order valence-corrected chi connectivity index (χ3v) is 4.29. The fourth-order valence-electron chi connectivity index (χ4n) is 2.94. The Morgan fingerprint density at radius 1 is 1.36 bits per heavy atom. The summed E-state index contributed by atoms with van der Waals surface area (Å²) >= 11 is 5.97. The molecule has 1 N–H and O–H groups in total. The first kappa shape index (κ1) is 20.2. The van der Waals surface area contributed by atoms with Crippen LogP contribution in [0, 0.1) is 0 Å². The average Bonchev–Trinajstić information content (AvgIpc) is 3.07. The van der Waals surface area contributed by atoms with Crippen LogP contribution in [-0.4, -0.2) is 41.4 Å². The molecule has 1 aromatic carbocycles. The van der Waals surface area contributed by atoms with Gasteiger partial charge in [-0.15, -0.1) is 0 Å². The quantitative estimate of drug-likeness (QED) is 0.741. The fraction of sp³-hybridized carbons (Fsp3) is 0.450. The van der Waals surface area contributed by atoms with Crippen molar-refractivity contribution >= 4 is 23.5 Å². The molecular formula is C20H25ClN4O3. The lowest BCUT2D eigenvalue weighted by molar-refractivity contribution is 0.0529. The SMILES string of the molecule is CC(C)(C)OC(=O)NCCN(Cc1ccc2c(c1)CCO2)c1ccnc(Cl)n1. The number of carbonyl (C=O) groups excluding carboxylic acids is 1. The molecule has 150 valence electrons. The van der Waals surface area contributed by atoms with E-state index in [2.05, 4.69) is 21.4 Å². The van der Waals surface area contributed by atoms with Crippen LogP contribution in [0.1, 0.15) is 31.9 Å². The van der Waals surface area contributed by atoms with Gasteiger partial charge in [-0.25, -0.2) is 14.8 Å². The van der Waals surface area contributed by atoms with Crippen molar-refractivity contribution in [2.75, 3.05) is 24.6 Å². The molecule has 8 heteroatoms. The number of aromatic nitrogens is 2. The van der Waals surface area contributed by atoms with E-state index in [-0.39, 0.29) is 5.28 Å². The van der Waals surface area contributed by atoms with E-state index in [4.69, 9.17) is 21.1 Å². The summed E-state index contributed by atoms with van der Waals surface area (Å²) in [6.45, 7) is 7.79. The van der Waals surface area contributed by atoms with Gasteiger partial charge in [-0.05, 0) is 55.6 Å². The normalized spacial score (nSPS) is 12.9. The summed E-state index contributed by atoms with van der Waals surface area (Å²) in [5, 5.41) is 2.97. The number of ether oxygens (including phenoxy) is 2. The number of hydrogen-bond acceptors (Lipinski definition) is 6. The Morgan fingerprint density at radius 3 is 2.93 bits per heavy atom. The Balaban J connectivity index is 1.68. The molecule has 7 nitrogen and oxygen atoms in total. The molecule has 1 aliphatic heterocycles. The summed E-state index contributed by atoms with van der Waals surface area (Å²) in [6, 6.07) is 8.00. The maximum atomic E-state index is 11.9. The lowest BCUT2D eigenvalue weighted by atomic mass is 10.1. The predicted octanol–water partition coefficient (Wildman–Crippen LogP) is 3.60. The second-order valence-electron chi connectivity index (χ2n) is 7.57. The lowest BCUT2D eigenvalue weighted by Crippen LogP contribution is -2.38. The molecule has 0 saturated carbocycles. The summed E-state index contributed by atoms with van der Waals surface area (Å²) in [6.07, 6.45) is 2.10. The molecule has 0 atom stereocenters. The largest absolute Gasteiger partial charge is 0.493 e. The highest BCUT2D eigenvalue weighted by Gasteiger charge is 2.17. The summed E-state index contributed by atoms with van der Waals surface area (Å²) in [5.74, 6) is 1.65. The van der Waals surface area contributed by atoms with Crippen molar-refractivity contribution in [3.63, 3.8) is 0 Å². The Hall–Kier alpha value is -2.54. The Morgan fingerprint density at radius 2 is 2.18 bits per heavy atom. The zero-order chi connectivity index (χ0) is 20.1. The van der Waals surface area contributed by atoms with Crippen LogP contribution >= 0.6 is 11.6 Å². The van der Waals surface area contributed by atoms with Crippen LogP contribution in [0.3, 0.4) is 0 Å². The molecule has 0 bridgehead atoms. The minimum Gasteiger partial charge on any atom is -0.493 e. The third kappa shape index (κ3) is 5.73. The smallest absolute Gasteiger partial charge is 0.407 e. The molecule has 0 unspecified atom stereocenters. The van der Waals surface area contributed by atoms with E-state index in [0.29, 0.717) is 25.5 Å². The van der Waals surface area contributed by atoms with Crippen molar-refractivity contribution in [3.8, 4) is 5.75 Å². The molecule has 1 aliphatic rings. The molecular weight excluding hydrogens is 380 g/mol. The maximum Gasteiger partial charge on any atom is 0.407 e. The van der Waals surface area contributed by atoms with Crippen LogP contribution in [0.15, 0.2) is 30.5 Å². The molecule has 2 aromatic rings. The molecule has 3 rings (SSSR count). The zero-order valence-corrected chi connectivity index (χ0v) is 17.1. The van der Waals surface area contributed by atoms with Gasteiger partial charge in [0.05, 0.1) is 6.61 Å². The van der Waals surface area contributed by atoms with Gasteiger partial charge in [0.2, 0.25) is 5.28 Å². The predicted molar refractivity (Wildman–Crippen MR) is 108 cm³/mol. The average molecular weight is 405 g/mol. The Labute approximate surface area is 170 Å². The van der Waals surface area contributed by atoms with Gasteiger partial charge in [0.15, 0.2) is 0 Å². The molecule has 1 aromatic heterocycles. The number of nitrogens with one attached hydrogen (secondary N) is 1. The van der Waals surface area contributed by atoms with Crippen LogP contribution in [0.2, 0.25) is 5.28 Å². The van der Waals surface area contributed by atoms with Crippen molar-refractivity contribution in [2.45, 2.75) is 39.3 Å². The second-order valence-corrected chi connectivity index (χ2v) is 7.91. The Kier molecular flexibility index (Phi) is 6.24. The maximum absolute atomic E-state index is 11.9. The number of alkyl carbamates (subject to hydrolysis) is 1. The molecule has 1 amide bonds. The van der Waals surface area contributed by atoms with E-state index >= 15 is 0 Å². The lowest BCUT2D eigenvalue weighted by Gasteiger charge is -2.25. The summed E-state index contributed by atoms with van der Waals surface area (Å²) in [5.41, 5.74) is 1.82. The van der Waals surface area contributed by atoms with Gasteiger partial charge in [-0.3, -0.25) is 0 Å². The van der Waals surface area contributed by atoms with E-state index in [1.54, 1.807) is 12.3 Å². The summed E-state index contributed by atoms with van der Waals surface area (Å²) in [7, 11) is 0. The molecule has 28 heavy (non-hydrogen) atoms. The highest BCUT2D eigenvalue weighted by molar-refractivity contribution is 6.28. The number of anilines is 1. The van der Waals surface area contributed by atoms with E-state index in [9.17, 15) is 4.79 Å². The Bertz CT molecular complexity index is 838. The van der Waals surface area contributed by atoms with E-state index < -0.39 is 11.7 Å². The van der Waals surface area contributed by atoms with Crippen molar-refractivity contribution < 1.29 is 14.3 Å². The number of amides is 1. The third-order valence-electron chi connectivity index (χ3n) is 4.11. The van der Waals surface area contributed by atoms with Crippen molar-refractivity contribution in [1.29, 1.82) is 0 Å². The molecule has 0 fully saturated rings. The van der Waals surface area contributed by atoms with Crippen molar-refractivity contribution in [3.05, 3.63) is 46.9 Å². The van der Waals surface area contributed by atoms with Crippen molar-refractivity contribution in [2.24, 2.45) is 0 Å². The van der Waals surface area contributed by atoms with Gasteiger partial charge in [0.25, 0.3) is 0 Å². The molecule has 0 radical (unpaired) electrons. The van der Waals surface area contributed by atoms with Crippen molar-refractivity contribution in [1.82, 2.24) is 15.3 Å². The number of benzene rings is 1. The van der Waals surface area contributed by atoms with Crippen LogP contribution in [-0.2, 0) is 17.7 Å². The topological polar surface area (TPSA) is 76.6 Å². The number of halogens is 1. The first-order valence-electron chi connectivity index (χ1n) is 9.25. The molecule has 0 aliphatic carbocycles. The minimum atomic E-state index is -0.531. The minimum absolute atomic E-state index is 0.185. The number of hydrogen-bond donors (Lipinski definition) is 1. The molecule has 2 heterocycles. The van der Waals surface area contributed by atoms with E-state index in [1.807, 2.05) is 37.8 Å². The van der Waals surface area contributed by atoms with Crippen LogP contribution in [0.5, 0.6) is 5.75 Å². The first-order chi connectivity index (χ1) is 13.3. The van der Waals surface area contributed by atoms with Gasteiger partial charge >= 0.3 is 6.09 Å².